The van der Waals surface area contributed by atoms with Gasteiger partial charge in [-0.1, -0.05) is 25.6 Å². The van der Waals surface area contributed by atoms with E-state index in [4.69, 9.17) is 0 Å². The van der Waals surface area contributed by atoms with E-state index in [9.17, 15) is 4.39 Å². The molecule has 1 nitrogen and oxygen atoms in total. The van der Waals surface area contributed by atoms with Gasteiger partial charge in [0.25, 0.3) is 0 Å². The molecule has 1 saturated heterocycles. The molecule has 1 aromatic rings. The molecule has 0 radical (unpaired) electrons. The van der Waals surface area contributed by atoms with Crippen molar-refractivity contribution in [1.82, 2.24) is 0 Å². The highest BCUT2D eigenvalue weighted by atomic mass is 19.1. The van der Waals surface area contributed by atoms with Crippen LogP contribution < -0.4 is 4.90 Å². The maximum absolute atomic E-state index is 12.9. The number of halogens is 1. The molecule has 1 fully saturated rings. The largest absolute Gasteiger partial charge is 0.369 e. The van der Waals surface area contributed by atoms with E-state index in [1.165, 1.54) is 24.9 Å². The summed E-state index contributed by atoms with van der Waals surface area (Å²) in [6.07, 6.45) is 3.71. The van der Waals surface area contributed by atoms with Crippen LogP contribution in [-0.4, -0.2) is 12.6 Å². The first kappa shape index (κ1) is 11.2. The van der Waals surface area contributed by atoms with Crippen LogP contribution in [0, 0.1) is 0 Å². The molecule has 0 aliphatic carbocycles. The minimum atomic E-state index is -0.361. The molecule has 0 spiro atoms. The highest BCUT2D eigenvalue weighted by molar-refractivity contribution is 5.60. The van der Waals surface area contributed by atoms with Crippen LogP contribution in [0.2, 0.25) is 0 Å². The lowest BCUT2D eigenvalue weighted by Gasteiger charge is -2.26. The zero-order chi connectivity index (χ0) is 11.5. The highest BCUT2D eigenvalue weighted by Gasteiger charge is 2.22. The monoisotopic (exact) mass is 219 g/mol. The third-order valence-electron chi connectivity index (χ3n) is 3.36. The van der Waals surface area contributed by atoms with Crippen LogP contribution in [0.5, 0.6) is 0 Å². The molecule has 1 atom stereocenters. The first-order chi connectivity index (χ1) is 7.72. The Labute approximate surface area is 96.6 Å². The number of rotatable bonds is 3. The van der Waals surface area contributed by atoms with Gasteiger partial charge in [0.15, 0.2) is 0 Å². The first-order valence-corrected chi connectivity index (χ1v) is 5.94. The van der Waals surface area contributed by atoms with Crippen molar-refractivity contribution in [1.29, 1.82) is 0 Å². The van der Waals surface area contributed by atoms with Crippen LogP contribution in [0.15, 0.2) is 30.8 Å². The summed E-state index contributed by atoms with van der Waals surface area (Å²) in [4.78, 5) is 2.42. The number of nitrogens with zero attached hydrogens (tertiary/aromatic N) is 1. The van der Waals surface area contributed by atoms with Crippen molar-refractivity contribution in [2.75, 3.05) is 11.4 Å². The van der Waals surface area contributed by atoms with Crippen LogP contribution in [0.4, 0.5) is 10.1 Å². The minimum absolute atomic E-state index is 0.361. The van der Waals surface area contributed by atoms with Crippen molar-refractivity contribution in [3.05, 3.63) is 36.4 Å². The molecule has 1 aromatic carbocycles. The van der Waals surface area contributed by atoms with Crippen LogP contribution >= 0.6 is 0 Å². The van der Waals surface area contributed by atoms with Crippen molar-refractivity contribution in [3.63, 3.8) is 0 Å². The van der Waals surface area contributed by atoms with E-state index in [0.717, 1.165) is 6.54 Å². The summed E-state index contributed by atoms with van der Waals surface area (Å²) >= 11 is 0. The number of hydrogen-bond donors (Lipinski definition) is 0. The number of benzene rings is 1. The van der Waals surface area contributed by atoms with Crippen molar-refractivity contribution >= 4 is 11.5 Å². The van der Waals surface area contributed by atoms with Crippen LogP contribution in [0.25, 0.3) is 5.83 Å². The fourth-order valence-corrected chi connectivity index (χ4v) is 2.43. The van der Waals surface area contributed by atoms with E-state index in [1.54, 1.807) is 0 Å². The van der Waals surface area contributed by atoms with E-state index in [2.05, 4.69) is 18.4 Å². The van der Waals surface area contributed by atoms with Gasteiger partial charge in [-0.2, -0.15) is 0 Å². The van der Waals surface area contributed by atoms with E-state index < -0.39 is 0 Å². The van der Waals surface area contributed by atoms with Gasteiger partial charge in [-0.25, -0.2) is 4.39 Å². The Morgan fingerprint density at radius 2 is 2.12 bits per heavy atom. The molecule has 0 saturated carbocycles. The lowest BCUT2D eigenvalue weighted by Crippen LogP contribution is -2.28. The second kappa shape index (κ2) is 4.69. The van der Waals surface area contributed by atoms with Gasteiger partial charge in [0, 0.05) is 23.8 Å². The van der Waals surface area contributed by atoms with Gasteiger partial charge in [-0.15, -0.1) is 0 Å². The van der Waals surface area contributed by atoms with Gasteiger partial charge in [0.05, 0.1) is 0 Å². The summed E-state index contributed by atoms with van der Waals surface area (Å²) in [6.45, 7) is 6.65. The van der Waals surface area contributed by atoms with Gasteiger partial charge in [0.2, 0.25) is 0 Å². The molecule has 1 aliphatic heterocycles. The average Bonchev–Trinajstić information content (AvgIpc) is 2.77. The highest BCUT2D eigenvalue weighted by Crippen LogP contribution is 2.28. The van der Waals surface area contributed by atoms with Gasteiger partial charge in [-0.05, 0) is 31.4 Å². The van der Waals surface area contributed by atoms with Gasteiger partial charge in [0.1, 0.15) is 5.83 Å². The Morgan fingerprint density at radius 1 is 1.44 bits per heavy atom. The molecular formula is C14H18FN. The van der Waals surface area contributed by atoms with Crippen LogP contribution in [0.3, 0.4) is 0 Å². The summed E-state index contributed by atoms with van der Waals surface area (Å²) in [5, 5.41) is 0. The lowest BCUT2D eigenvalue weighted by atomic mass is 10.1. The van der Waals surface area contributed by atoms with E-state index >= 15 is 0 Å². The molecule has 1 unspecified atom stereocenters. The van der Waals surface area contributed by atoms with Crippen LogP contribution in [-0.2, 0) is 0 Å². The van der Waals surface area contributed by atoms with E-state index in [0.29, 0.717) is 11.6 Å². The van der Waals surface area contributed by atoms with E-state index in [1.807, 2.05) is 24.3 Å². The molecular weight excluding hydrogens is 201 g/mol. The molecule has 2 rings (SSSR count). The Bertz CT molecular complexity index is 369. The normalized spacial score (nSPS) is 20.1. The standard InChI is InChI=1S/C14H18FN/c1-3-13-5-4-10-16(13)14-8-6-12(7-9-14)11(2)15/h6-9,13H,2-5,10H2,1H3. The Morgan fingerprint density at radius 3 is 2.69 bits per heavy atom. The Hall–Kier alpha value is -1.31. The number of hydrogen-bond acceptors (Lipinski definition) is 1. The second-order valence-electron chi connectivity index (χ2n) is 4.35. The summed E-state index contributed by atoms with van der Waals surface area (Å²) in [7, 11) is 0. The first-order valence-electron chi connectivity index (χ1n) is 5.94. The molecule has 1 heterocycles. The minimum Gasteiger partial charge on any atom is -0.369 e. The fraction of sp³-hybridized carbons (Fsp3) is 0.429. The predicted molar refractivity (Wildman–Crippen MR) is 67.2 cm³/mol. The number of anilines is 1. The van der Waals surface area contributed by atoms with Crippen molar-refractivity contribution < 1.29 is 4.39 Å². The quantitative estimate of drug-likeness (QED) is 0.742. The molecule has 86 valence electrons. The summed E-state index contributed by atoms with van der Waals surface area (Å²) in [6, 6.07) is 8.26. The SMILES string of the molecule is C=C(F)c1ccc(N2CCCC2CC)cc1. The zero-order valence-electron chi connectivity index (χ0n) is 9.75. The summed E-state index contributed by atoms with van der Waals surface area (Å²) in [5.41, 5.74) is 1.78. The van der Waals surface area contributed by atoms with Crippen molar-refractivity contribution in [2.45, 2.75) is 32.2 Å². The van der Waals surface area contributed by atoms with Crippen LogP contribution in [0.1, 0.15) is 31.7 Å². The molecule has 16 heavy (non-hydrogen) atoms. The topological polar surface area (TPSA) is 3.24 Å². The van der Waals surface area contributed by atoms with E-state index in [-0.39, 0.29) is 5.83 Å². The van der Waals surface area contributed by atoms with Gasteiger partial charge >= 0.3 is 0 Å². The Kier molecular flexibility index (Phi) is 3.28. The third-order valence-corrected chi connectivity index (χ3v) is 3.36. The molecule has 0 bridgehead atoms. The Balaban J connectivity index is 2.18. The average molecular weight is 219 g/mol. The molecule has 0 amide bonds. The molecule has 0 aromatic heterocycles. The second-order valence-corrected chi connectivity index (χ2v) is 4.35. The van der Waals surface area contributed by atoms with Gasteiger partial charge in [-0.3, -0.25) is 0 Å². The molecule has 2 heteroatoms. The maximum atomic E-state index is 12.9. The molecule has 0 N–H and O–H groups in total. The predicted octanol–water partition coefficient (Wildman–Crippen LogP) is 4.01. The summed E-state index contributed by atoms with van der Waals surface area (Å²) < 4.78 is 12.9. The van der Waals surface area contributed by atoms with Gasteiger partial charge < -0.3 is 4.90 Å². The zero-order valence-corrected chi connectivity index (χ0v) is 9.75. The maximum Gasteiger partial charge on any atom is 0.123 e. The third kappa shape index (κ3) is 2.11. The molecule has 1 aliphatic rings. The van der Waals surface area contributed by atoms with Crippen molar-refractivity contribution in [2.24, 2.45) is 0 Å². The van der Waals surface area contributed by atoms with Crippen molar-refractivity contribution in [3.8, 4) is 0 Å². The lowest BCUT2D eigenvalue weighted by molar-refractivity contribution is 0.645. The smallest absolute Gasteiger partial charge is 0.123 e. The summed E-state index contributed by atoms with van der Waals surface area (Å²) in [5.74, 6) is -0.361. The fourth-order valence-electron chi connectivity index (χ4n) is 2.43.